The Bertz CT molecular complexity index is 869. The van der Waals surface area contributed by atoms with Crippen molar-refractivity contribution in [1.82, 2.24) is 0 Å². The van der Waals surface area contributed by atoms with Gasteiger partial charge in [0.2, 0.25) is 0 Å². The van der Waals surface area contributed by atoms with Crippen molar-refractivity contribution in [2.24, 2.45) is 0 Å². The van der Waals surface area contributed by atoms with Gasteiger partial charge in [-0.3, -0.25) is 4.79 Å². The van der Waals surface area contributed by atoms with Crippen LogP contribution in [0, 0.1) is 0 Å². The van der Waals surface area contributed by atoms with Crippen molar-refractivity contribution in [2.45, 2.75) is 0 Å². The molecule has 23 heavy (non-hydrogen) atoms. The predicted octanol–water partition coefficient (Wildman–Crippen LogP) is 3.59. The van der Waals surface area contributed by atoms with Crippen LogP contribution < -0.4 is 0 Å². The summed E-state index contributed by atoms with van der Waals surface area (Å²) < 4.78 is 5.05. The number of Topliss-reactive ketones (excluding diaryl/α,β-unsaturated/α-hetero) is 1. The molecule has 4 heteroatoms. The van der Waals surface area contributed by atoms with Crippen LogP contribution >= 0.6 is 0 Å². The third-order valence-electron chi connectivity index (χ3n) is 3.49. The van der Waals surface area contributed by atoms with Crippen LogP contribution in [0.25, 0.3) is 10.8 Å². The third kappa shape index (κ3) is 3.37. The fourth-order valence-corrected chi connectivity index (χ4v) is 2.28. The van der Waals surface area contributed by atoms with Crippen molar-refractivity contribution < 1.29 is 19.4 Å². The van der Waals surface area contributed by atoms with Gasteiger partial charge in [0.15, 0.2) is 12.4 Å². The summed E-state index contributed by atoms with van der Waals surface area (Å²) >= 11 is 0. The number of esters is 1. The molecule has 0 atom stereocenters. The molecule has 0 aliphatic carbocycles. The van der Waals surface area contributed by atoms with E-state index in [9.17, 15) is 14.7 Å². The average molecular weight is 306 g/mol. The lowest BCUT2D eigenvalue weighted by atomic mass is 10.0. The Labute approximate surface area is 132 Å². The molecule has 0 heterocycles. The molecule has 0 spiro atoms. The molecular formula is C19H14O4. The summed E-state index contributed by atoms with van der Waals surface area (Å²) in [6, 6.07) is 18.6. The van der Waals surface area contributed by atoms with E-state index in [2.05, 4.69) is 0 Å². The van der Waals surface area contributed by atoms with Gasteiger partial charge in [0.1, 0.15) is 5.75 Å². The van der Waals surface area contributed by atoms with Crippen LogP contribution in [0.2, 0.25) is 0 Å². The third-order valence-corrected chi connectivity index (χ3v) is 3.49. The number of rotatable bonds is 4. The number of fused-ring (bicyclic) bond motifs is 1. The smallest absolute Gasteiger partial charge is 0.338 e. The Morgan fingerprint density at radius 3 is 2.30 bits per heavy atom. The number of phenols is 1. The number of carbonyl (C=O) groups excluding carboxylic acids is 2. The largest absolute Gasteiger partial charge is 0.508 e. The fraction of sp³-hybridized carbons (Fsp3) is 0.0526. The Morgan fingerprint density at radius 1 is 0.826 bits per heavy atom. The van der Waals surface area contributed by atoms with Gasteiger partial charge in [-0.15, -0.1) is 0 Å². The highest BCUT2D eigenvalue weighted by atomic mass is 16.5. The summed E-state index contributed by atoms with van der Waals surface area (Å²) in [5, 5.41) is 11.1. The number of phenolic OH excluding ortho intramolecular Hbond substituents is 1. The second-order valence-electron chi connectivity index (χ2n) is 5.11. The van der Waals surface area contributed by atoms with Gasteiger partial charge < -0.3 is 9.84 Å². The lowest BCUT2D eigenvalue weighted by Gasteiger charge is -2.06. The summed E-state index contributed by atoms with van der Waals surface area (Å²) in [5.41, 5.74) is 0.873. The van der Waals surface area contributed by atoms with E-state index in [1.54, 1.807) is 66.7 Å². The monoisotopic (exact) mass is 306 g/mol. The second kappa shape index (κ2) is 6.32. The van der Waals surface area contributed by atoms with E-state index in [0.29, 0.717) is 11.1 Å². The van der Waals surface area contributed by atoms with Crippen molar-refractivity contribution >= 4 is 22.5 Å². The first-order valence-electron chi connectivity index (χ1n) is 7.11. The standard InChI is InChI=1S/C19H14O4/c20-17-9-8-14-10-16(7-6-15(14)11-17)18(21)12-23-19(22)13-4-2-1-3-5-13/h1-11,20H,12H2. The summed E-state index contributed by atoms with van der Waals surface area (Å²) in [4.78, 5) is 24.0. The van der Waals surface area contributed by atoms with Gasteiger partial charge in [0, 0.05) is 5.56 Å². The van der Waals surface area contributed by atoms with Crippen LogP contribution in [-0.4, -0.2) is 23.5 Å². The minimum Gasteiger partial charge on any atom is -0.508 e. The van der Waals surface area contributed by atoms with Crippen molar-refractivity contribution in [3.05, 3.63) is 77.9 Å². The topological polar surface area (TPSA) is 63.6 Å². The normalized spacial score (nSPS) is 10.4. The van der Waals surface area contributed by atoms with E-state index >= 15 is 0 Å². The van der Waals surface area contributed by atoms with Crippen LogP contribution in [0.3, 0.4) is 0 Å². The Kier molecular flexibility index (Phi) is 4.06. The molecule has 4 nitrogen and oxygen atoms in total. The van der Waals surface area contributed by atoms with Crippen molar-refractivity contribution in [3.8, 4) is 5.75 Å². The van der Waals surface area contributed by atoms with E-state index < -0.39 is 5.97 Å². The minimum absolute atomic E-state index is 0.174. The first-order valence-corrected chi connectivity index (χ1v) is 7.11. The van der Waals surface area contributed by atoms with Gasteiger partial charge in [0.05, 0.1) is 5.56 Å². The maximum Gasteiger partial charge on any atom is 0.338 e. The van der Waals surface area contributed by atoms with Gasteiger partial charge in [-0.25, -0.2) is 4.79 Å². The maximum absolute atomic E-state index is 12.2. The zero-order valence-electron chi connectivity index (χ0n) is 12.2. The summed E-state index contributed by atoms with van der Waals surface area (Å²) in [5.74, 6) is -0.623. The number of hydrogen-bond donors (Lipinski definition) is 1. The molecule has 0 radical (unpaired) electrons. The molecule has 0 unspecified atom stereocenters. The number of carbonyl (C=O) groups is 2. The second-order valence-corrected chi connectivity index (χ2v) is 5.11. The van der Waals surface area contributed by atoms with Crippen molar-refractivity contribution in [2.75, 3.05) is 6.61 Å². The van der Waals surface area contributed by atoms with Gasteiger partial charge in [-0.05, 0) is 41.1 Å². The van der Waals surface area contributed by atoms with Crippen molar-refractivity contribution in [1.29, 1.82) is 0 Å². The molecule has 0 saturated carbocycles. The van der Waals surface area contributed by atoms with Crippen LogP contribution in [-0.2, 0) is 4.74 Å². The van der Waals surface area contributed by atoms with Crippen LogP contribution in [0.5, 0.6) is 5.75 Å². The molecule has 1 N–H and O–H groups in total. The van der Waals surface area contributed by atoms with Gasteiger partial charge in [0.25, 0.3) is 0 Å². The molecule has 0 amide bonds. The average Bonchev–Trinajstić information content (AvgIpc) is 2.59. The lowest BCUT2D eigenvalue weighted by molar-refractivity contribution is 0.0475. The van der Waals surface area contributed by atoms with E-state index in [4.69, 9.17) is 4.74 Å². The zero-order valence-corrected chi connectivity index (χ0v) is 12.2. The molecule has 0 aliphatic heterocycles. The van der Waals surface area contributed by atoms with E-state index in [0.717, 1.165) is 10.8 Å². The van der Waals surface area contributed by atoms with Crippen LogP contribution in [0.15, 0.2) is 66.7 Å². The molecule has 3 rings (SSSR count). The van der Waals surface area contributed by atoms with Crippen LogP contribution in [0.1, 0.15) is 20.7 Å². The summed E-state index contributed by atoms with van der Waals surface area (Å²) in [7, 11) is 0. The number of ketones is 1. The highest BCUT2D eigenvalue weighted by Gasteiger charge is 2.12. The highest BCUT2D eigenvalue weighted by Crippen LogP contribution is 2.21. The molecule has 0 bridgehead atoms. The summed E-state index contributed by atoms with van der Waals surface area (Å²) in [6.45, 7) is -0.308. The Balaban J connectivity index is 1.71. The van der Waals surface area contributed by atoms with E-state index in [1.807, 2.05) is 0 Å². The van der Waals surface area contributed by atoms with Gasteiger partial charge >= 0.3 is 5.97 Å². The first-order chi connectivity index (χ1) is 11.1. The molecule has 3 aromatic carbocycles. The first kappa shape index (κ1) is 14.8. The maximum atomic E-state index is 12.2. The molecule has 0 fully saturated rings. The molecule has 3 aromatic rings. The van der Waals surface area contributed by atoms with Crippen molar-refractivity contribution in [3.63, 3.8) is 0 Å². The zero-order chi connectivity index (χ0) is 16.2. The quantitative estimate of drug-likeness (QED) is 0.591. The van der Waals surface area contributed by atoms with E-state index in [1.165, 1.54) is 0 Å². The molecule has 0 saturated heterocycles. The number of hydrogen-bond acceptors (Lipinski definition) is 4. The number of ether oxygens (including phenoxy) is 1. The van der Waals surface area contributed by atoms with E-state index in [-0.39, 0.29) is 18.1 Å². The molecule has 0 aromatic heterocycles. The van der Waals surface area contributed by atoms with Gasteiger partial charge in [-0.2, -0.15) is 0 Å². The highest BCUT2D eigenvalue weighted by molar-refractivity contribution is 6.02. The van der Waals surface area contributed by atoms with Crippen LogP contribution in [0.4, 0.5) is 0 Å². The SMILES string of the molecule is O=C(COC(=O)c1ccccc1)c1ccc2cc(O)ccc2c1. The molecular weight excluding hydrogens is 292 g/mol. The molecule has 114 valence electrons. The Hall–Kier alpha value is -3.14. The summed E-state index contributed by atoms with van der Waals surface area (Å²) in [6.07, 6.45) is 0. The Morgan fingerprint density at radius 2 is 1.52 bits per heavy atom. The van der Waals surface area contributed by atoms with Gasteiger partial charge in [-0.1, -0.05) is 36.4 Å². The number of benzene rings is 3. The minimum atomic E-state index is -0.523. The fourth-order valence-electron chi connectivity index (χ4n) is 2.28. The predicted molar refractivity (Wildman–Crippen MR) is 86.7 cm³/mol. The molecule has 0 aliphatic rings. The number of aromatic hydroxyl groups is 1. The lowest BCUT2D eigenvalue weighted by Crippen LogP contribution is -2.14.